The molecule has 1 saturated heterocycles. The summed E-state index contributed by atoms with van der Waals surface area (Å²) in [5, 5.41) is 3.29. The summed E-state index contributed by atoms with van der Waals surface area (Å²) in [6.45, 7) is 2.72. The minimum atomic E-state index is -3.19. The van der Waals surface area contributed by atoms with Gasteiger partial charge >= 0.3 is 0 Å². The topological polar surface area (TPSA) is 66.5 Å². The molecule has 1 N–H and O–H groups in total. The number of nitrogens with zero attached hydrogens (tertiary/aromatic N) is 1. The van der Waals surface area contributed by atoms with Gasteiger partial charge in [0, 0.05) is 18.2 Å². The highest BCUT2D eigenvalue weighted by Gasteiger charge is 2.53. The van der Waals surface area contributed by atoms with Crippen LogP contribution < -0.4 is 9.62 Å². The van der Waals surface area contributed by atoms with Crippen LogP contribution >= 0.6 is 0 Å². The average molecular weight is 403 g/mol. The predicted molar refractivity (Wildman–Crippen MR) is 110 cm³/mol. The van der Waals surface area contributed by atoms with Gasteiger partial charge in [-0.3, -0.25) is 9.10 Å². The van der Waals surface area contributed by atoms with Crippen LogP contribution in [0.3, 0.4) is 0 Å². The van der Waals surface area contributed by atoms with Crippen LogP contribution in [0.25, 0.3) is 0 Å². The third kappa shape index (κ3) is 3.04. The standard InChI is InChI=1S/C22H30N2O3S/c1-15(22-12-16-9-17(13-22)11-18(10-16)14-22)23-21(25)19-3-5-20(6-4-19)24-7-2-8-28(24,26)27/h3-6,15-18H,2,7-14H2,1H3,(H,23,25)/t15-,16?,17?,18?,22?/m1/s1. The van der Waals surface area contributed by atoms with Crippen molar-refractivity contribution in [2.75, 3.05) is 16.6 Å². The van der Waals surface area contributed by atoms with E-state index in [1.54, 1.807) is 24.3 Å². The molecule has 1 amide bonds. The molecule has 5 fully saturated rings. The molecule has 0 radical (unpaired) electrons. The minimum absolute atomic E-state index is 0.0425. The van der Waals surface area contributed by atoms with Crippen molar-refractivity contribution in [3.8, 4) is 0 Å². The number of amides is 1. The van der Waals surface area contributed by atoms with Crippen LogP contribution in [0.1, 0.15) is 62.2 Å². The van der Waals surface area contributed by atoms with Crippen LogP contribution in [0.15, 0.2) is 24.3 Å². The Balaban J connectivity index is 1.28. The first-order chi connectivity index (χ1) is 13.3. The number of carbonyl (C=O) groups excluding carboxylic acids is 1. The Morgan fingerprint density at radius 1 is 1.07 bits per heavy atom. The first-order valence-corrected chi connectivity index (χ1v) is 12.4. The van der Waals surface area contributed by atoms with Gasteiger partial charge in [-0.05, 0) is 99.3 Å². The number of sulfonamides is 1. The summed E-state index contributed by atoms with van der Waals surface area (Å²) in [6, 6.07) is 7.21. The molecule has 0 spiro atoms. The van der Waals surface area contributed by atoms with Crippen LogP contribution in [-0.2, 0) is 10.0 Å². The van der Waals surface area contributed by atoms with Crippen molar-refractivity contribution < 1.29 is 13.2 Å². The van der Waals surface area contributed by atoms with Crippen molar-refractivity contribution in [3.63, 3.8) is 0 Å². The van der Waals surface area contributed by atoms with E-state index in [0.717, 1.165) is 17.8 Å². The maximum absolute atomic E-state index is 12.9. The van der Waals surface area contributed by atoms with Gasteiger partial charge in [-0.25, -0.2) is 8.42 Å². The van der Waals surface area contributed by atoms with Crippen molar-refractivity contribution in [1.82, 2.24) is 5.32 Å². The van der Waals surface area contributed by atoms with Gasteiger partial charge in [-0.15, -0.1) is 0 Å². The Bertz CT molecular complexity index is 842. The van der Waals surface area contributed by atoms with Crippen molar-refractivity contribution in [2.45, 2.75) is 57.9 Å². The monoisotopic (exact) mass is 402 g/mol. The van der Waals surface area contributed by atoms with E-state index in [1.807, 2.05) is 0 Å². The maximum atomic E-state index is 12.9. The van der Waals surface area contributed by atoms with Crippen LogP contribution in [-0.4, -0.2) is 32.7 Å². The second-order valence-electron chi connectivity index (χ2n) is 9.76. The molecule has 5 aliphatic rings. The van der Waals surface area contributed by atoms with Crippen molar-refractivity contribution >= 4 is 21.6 Å². The highest BCUT2D eigenvalue weighted by molar-refractivity contribution is 7.93. The zero-order valence-corrected chi connectivity index (χ0v) is 17.4. The Hall–Kier alpha value is -1.56. The summed E-state index contributed by atoms with van der Waals surface area (Å²) in [6.07, 6.45) is 8.68. The number of nitrogens with one attached hydrogen (secondary N) is 1. The molecular formula is C22H30N2O3S. The molecule has 152 valence electrons. The molecular weight excluding hydrogens is 372 g/mol. The first-order valence-electron chi connectivity index (χ1n) is 10.8. The van der Waals surface area contributed by atoms with Gasteiger partial charge in [0.25, 0.3) is 5.91 Å². The molecule has 0 unspecified atom stereocenters. The Morgan fingerprint density at radius 3 is 2.14 bits per heavy atom. The Kier molecular flexibility index (Phi) is 4.27. The molecule has 1 aliphatic heterocycles. The summed E-state index contributed by atoms with van der Waals surface area (Å²) in [5.74, 6) is 2.77. The lowest BCUT2D eigenvalue weighted by atomic mass is 9.48. The normalized spacial score (nSPS) is 36.5. The molecule has 1 aromatic rings. The Labute approximate surface area is 167 Å². The summed E-state index contributed by atoms with van der Waals surface area (Å²) in [5.41, 5.74) is 1.55. The quantitative estimate of drug-likeness (QED) is 0.837. The molecule has 5 nitrogen and oxygen atoms in total. The number of anilines is 1. The molecule has 4 bridgehead atoms. The smallest absolute Gasteiger partial charge is 0.251 e. The summed E-state index contributed by atoms with van der Waals surface area (Å²) < 4.78 is 25.6. The first kappa shape index (κ1) is 18.5. The molecule has 6 heteroatoms. The molecule has 6 rings (SSSR count). The van der Waals surface area contributed by atoms with E-state index in [9.17, 15) is 13.2 Å². The second-order valence-corrected chi connectivity index (χ2v) is 11.8. The van der Waals surface area contributed by atoms with Gasteiger partial charge in [0.05, 0.1) is 11.4 Å². The molecule has 4 saturated carbocycles. The van der Waals surface area contributed by atoms with Gasteiger partial charge < -0.3 is 5.32 Å². The molecule has 4 aliphatic carbocycles. The van der Waals surface area contributed by atoms with Gasteiger partial charge in [-0.2, -0.15) is 0 Å². The Morgan fingerprint density at radius 2 is 1.64 bits per heavy atom. The fraction of sp³-hybridized carbons (Fsp3) is 0.682. The van der Waals surface area contributed by atoms with Crippen molar-refractivity contribution in [1.29, 1.82) is 0 Å². The highest BCUT2D eigenvalue weighted by atomic mass is 32.2. The zero-order chi connectivity index (χ0) is 19.5. The number of benzene rings is 1. The lowest BCUT2D eigenvalue weighted by Crippen LogP contribution is -2.55. The van der Waals surface area contributed by atoms with Gasteiger partial charge in [0.15, 0.2) is 0 Å². The van der Waals surface area contributed by atoms with Gasteiger partial charge in [0.2, 0.25) is 10.0 Å². The molecule has 1 aromatic carbocycles. The summed E-state index contributed by atoms with van der Waals surface area (Å²) in [7, 11) is -3.19. The van der Waals surface area contributed by atoms with Crippen molar-refractivity contribution in [3.05, 3.63) is 29.8 Å². The molecule has 1 atom stereocenters. The lowest BCUT2D eigenvalue weighted by molar-refractivity contribution is -0.0688. The highest BCUT2D eigenvalue weighted by Crippen LogP contribution is 2.61. The van der Waals surface area contributed by atoms with E-state index >= 15 is 0 Å². The number of carbonyl (C=O) groups is 1. The third-order valence-corrected chi connectivity index (χ3v) is 9.74. The zero-order valence-electron chi connectivity index (χ0n) is 16.6. The predicted octanol–water partition coefficient (Wildman–Crippen LogP) is 3.56. The number of rotatable bonds is 4. The van der Waals surface area contributed by atoms with E-state index in [2.05, 4.69) is 12.2 Å². The van der Waals surface area contributed by atoms with E-state index in [4.69, 9.17) is 0 Å². The van der Waals surface area contributed by atoms with Gasteiger partial charge in [0.1, 0.15) is 0 Å². The van der Waals surface area contributed by atoms with E-state index in [1.165, 1.54) is 42.8 Å². The maximum Gasteiger partial charge on any atom is 0.251 e. The summed E-state index contributed by atoms with van der Waals surface area (Å²) in [4.78, 5) is 12.9. The van der Waals surface area contributed by atoms with Crippen LogP contribution in [0.5, 0.6) is 0 Å². The average Bonchev–Trinajstić information content (AvgIpc) is 3.00. The molecule has 0 aromatic heterocycles. The van der Waals surface area contributed by atoms with Gasteiger partial charge in [-0.1, -0.05) is 0 Å². The van der Waals surface area contributed by atoms with Crippen molar-refractivity contribution in [2.24, 2.45) is 23.2 Å². The summed E-state index contributed by atoms with van der Waals surface area (Å²) >= 11 is 0. The fourth-order valence-electron chi connectivity index (χ4n) is 6.85. The molecule has 28 heavy (non-hydrogen) atoms. The second kappa shape index (κ2) is 6.48. The number of hydrogen-bond acceptors (Lipinski definition) is 3. The third-order valence-electron chi connectivity index (χ3n) is 7.87. The number of hydrogen-bond donors (Lipinski definition) is 1. The van der Waals surface area contributed by atoms with Crippen LogP contribution in [0.4, 0.5) is 5.69 Å². The van der Waals surface area contributed by atoms with E-state index in [0.29, 0.717) is 24.2 Å². The minimum Gasteiger partial charge on any atom is -0.349 e. The van der Waals surface area contributed by atoms with E-state index < -0.39 is 10.0 Å². The fourth-order valence-corrected chi connectivity index (χ4v) is 8.41. The lowest BCUT2D eigenvalue weighted by Gasteiger charge is -2.59. The largest absolute Gasteiger partial charge is 0.349 e. The van der Waals surface area contributed by atoms with Crippen LogP contribution in [0.2, 0.25) is 0 Å². The van der Waals surface area contributed by atoms with Crippen LogP contribution in [0, 0.1) is 23.2 Å². The molecule has 1 heterocycles. The SMILES string of the molecule is C[C@@H](NC(=O)c1ccc(N2CCCS2(=O)=O)cc1)C12CC3CC(CC(C3)C1)C2. The van der Waals surface area contributed by atoms with E-state index in [-0.39, 0.29) is 23.1 Å².